The Labute approximate surface area is 96.7 Å². The van der Waals surface area contributed by atoms with Crippen molar-refractivity contribution in [2.45, 2.75) is 58.6 Å². The Morgan fingerprint density at radius 1 is 1.44 bits per heavy atom. The van der Waals surface area contributed by atoms with E-state index in [-0.39, 0.29) is 11.5 Å². The summed E-state index contributed by atoms with van der Waals surface area (Å²) in [7, 11) is 0. The van der Waals surface area contributed by atoms with E-state index in [1.165, 1.54) is 0 Å². The Hall–Kier alpha value is -0.220. The maximum Gasteiger partial charge on any atom is 0.261 e. The van der Waals surface area contributed by atoms with Crippen LogP contribution in [0.25, 0.3) is 0 Å². The van der Waals surface area contributed by atoms with Crippen molar-refractivity contribution in [3.8, 4) is 0 Å². The number of halogens is 2. The fourth-order valence-electron chi connectivity index (χ4n) is 2.37. The van der Waals surface area contributed by atoms with Crippen LogP contribution < -0.4 is 5.32 Å². The Morgan fingerprint density at radius 3 is 2.62 bits per heavy atom. The van der Waals surface area contributed by atoms with E-state index in [1.54, 1.807) is 0 Å². The summed E-state index contributed by atoms with van der Waals surface area (Å²) < 4.78 is 29.4. The van der Waals surface area contributed by atoms with Crippen molar-refractivity contribution >= 4 is 0 Å². The normalized spacial score (nSPS) is 34.1. The molecule has 0 aromatic heterocycles. The van der Waals surface area contributed by atoms with Crippen molar-refractivity contribution in [1.29, 1.82) is 0 Å². The quantitative estimate of drug-likeness (QED) is 0.732. The van der Waals surface area contributed by atoms with Crippen LogP contribution in [0.5, 0.6) is 0 Å². The van der Waals surface area contributed by atoms with Gasteiger partial charge in [0.05, 0.1) is 6.10 Å². The highest BCUT2D eigenvalue weighted by Gasteiger charge is 2.50. The third-order valence-corrected chi connectivity index (χ3v) is 3.81. The Balaban J connectivity index is 2.39. The van der Waals surface area contributed by atoms with E-state index in [2.05, 4.69) is 26.1 Å². The van der Waals surface area contributed by atoms with E-state index in [1.807, 2.05) is 0 Å². The summed E-state index contributed by atoms with van der Waals surface area (Å²) in [5.74, 6) is 0. The summed E-state index contributed by atoms with van der Waals surface area (Å²) in [5, 5.41) is 3.46. The summed E-state index contributed by atoms with van der Waals surface area (Å²) >= 11 is 0. The highest BCUT2D eigenvalue weighted by molar-refractivity contribution is 5.04. The maximum absolute atomic E-state index is 12.1. The number of hydrogen-bond donors (Lipinski definition) is 1. The lowest BCUT2D eigenvalue weighted by Crippen LogP contribution is -2.62. The van der Waals surface area contributed by atoms with Crippen LogP contribution in [0.3, 0.4) is 0 Å². The van der Waals surface area contributed by atoms with E-state index in [4.69, 9.17) is 4.74 Å². The monoisotopic (exact) mass is 235 g/mol. The minimum atomic E-state index is -2.36. The molecule has 2 nitrogen and oxygen atoms in total. The van der Waals surface area contributed by atoms with Crippen molar-refractivity contribution < 1.29 is 13.5 Å². The standard InChI is InChI=1S/C12H23F2NO/c1-4-6-15-9-7-10(12(9,3)5-2)16-8-11(13)14/h9-11,15H,4-8H2,1-3H3. The average molecular weight is 235 g/mol. The Morgan fingerprint density at radius 2 is 2.12 bits per heavy atom. The molecule has 16 heavy (non-hydrogen) atoms. The summed E-state index contributed by atoms with van der Waals surface area (Å²) in [6, 6.07) is 0.417. The van der Waals surface area contributed by atoms with Crippen LogP contribution in [0.15, 0.2) is 0 Å². The minimum absolute atomic E-state index is 0.0131. The van der Waals surface area contributed by atoms with Crippen LogP contribution in [-0.2, 0) is 4.74 Å². The van der Waals surface area contributed by atoms with Crippen molar-refractivity contribution in [1.82, 2.24) is 5.32 Å². The van der Waals surface area contributed by atoms with E-state index in [0.717, 1.165) is 25.8 Å². The molecule has 3 atom stereocenters. The highest BCUT2D eigenvalue weighted by atomic mass is 19.3. The molecule has 1 aliphatic rings. The lowest BCUT2D eigenvalue weighted by Gasteiger charge is -2.53. The zero-order chi connectivity index (χ0) is 12.2. The molecule has 0 bridgehead atoms. The van der Waals surface area contributed by atoms with Crippen LogP contribution in [-0.4, -0.2) is 31.7 Å². The zero-order valence-electron chi connectivity index (χ0n) is 10.4. The van der Waals surface area contributed by atoms with Gasteiger partial charge in [-0.2, -0.15) is 0 Å². The first-order chi connectivity index (χ1) is 7.54. The molecule has 4 heteroatoms. The first-order valence-electron chi connectivity index (χ1n) is 6.17. The molecule has 3 unspecified atom stereocenters. The van der Waals surface area contributed by atoms with Gasteiger partial charge in [0.25, 0.3) is 6.43 Å². The fourth-order valence-corrected chi connectivity index (χ4v) is 2.37. The van der Waals surface area contributed by atoms with Crippen molar-refractivity contribution in [2.24, 2.45) is 5.41 Å². The fraction of sp³-hybridized carbons (Fsp3) is 1.00. The van der Waals surface area contributed by atoms with Crippen LogP contribution in [0, 0.1) is 5.41 Å². The smallest absolute Gasteiger partial charge is 0.261 e. The van der Waals surface area contributed by atoms with Gasteiger partial charge in [-0.15, -0.1) is 0 Å². The van der Waals surface area contributed by atoms with Gasteiger partial charge in [0.2, 0.25) is 0 Å². The molecule has 0 aromatic rings. The lowest BCUT2D eigenvalue weighted by molar-refractivity contribution is -0.148. The van der Waals surface area contributed by atoms with Crippen molar-refractivity contribution in [2.75, 3.05) is 13.2 Å². The molecule has 1 fully saturated rings. The predicted octanol–water partition coefficient (Wildman–Crippen LogP) is 2.82. The maximum atomic E-state index is 12.1. The average Bonchev–Trinajstić information content (AvgIpc) is 2.25. The van der Waals surface area contributed by atoms with E-state index < -0.39 is 13.0 Å². The van der Waals surface area contributed by atoms with E-state index in [0.29, 0.717) is 6.04 Å². The molecule has 0 aliphatic heterocycles. The van der Waals surface area contributed by atoms with Crippen LogP contribution in [0.1, 0.15) is 40.0 Å². The summed E-state index contributed by atoms with van der Waals surface area (Å²) in [4.78, 5) is 0. The number of ether oxygens (including phenoxy) is 1. The van der Waals surface area contributed by atoms with Gasteiger partial charge in [0.1, 0.15) is 6.61 Å². The second-order valence-electron chi connectivity index (χ2n) is 4.81. The number of rotatable bonds is 7. The van der Waals surface area contributed by atoms with Crippen molar-refractivity contribution in [3.63, 3.8) is 0 Å². The van der Waals surface area contributed by atoms with Gasteiger partial charge >= 0.3 is 0 Å². The molecule has 0 saturated heterocycles. The molecule has 1 rings (SSSR count). The van der Waals surface area contributed by atoms with E-state index >= 15 is 0 Å². The molecule has 0 spiro atoms. The number of nitrogens with one attached hydrogen (secondary N) is 1. The summed E-state index contributed by atoms with van der Waals surface area (Å²) in [6.07, 6.45) is 0.544. The molecule has 1 N–H and O–H groups in total. The van der Waals surface area contributed by atoms with Gasteiger partial charge in [0, 0.05) is 11.5 Å². The SMILES string of the molecule is CCCNC1CC(OCC(F)F)C1(C)CC. The van der Waals surface area contributed by atoms with Gasteiger partial charge in [-0.3, -0.25) is 0 Å². The lowest BCUT2D eigenvalue weighted by atomic mass is 9.61. The molecular formula is C12H23F2NO. The number of hydrogen-bond acceptors (Lipinski definition) is 2. The first-order valence-corrected chi connectivity index (χ1v) is 6.17. The van der Waals surface area contributed by atoms with Crippen LogP contribution >= 0.6 is 0 Å². The van der Waals surface area contributed by atoms with Crippen LogP contribution in [0.2, 0.25) is 0 Å². The second kappa shape index (κ2) is 5.92. The molecule has 0 amide bonds. The topological polar surface area (TPSA) is 21.3 Å². The predicted molar refractivity (Wildman–Crippen MR) is 60.8 cm³/mol. The zero-order valence-corrected chi connectivity index (χ0v) is 10.4. The first kappa shape index (κ1) is 13.8. The van der Waals surface area contributed by atoms with Crippen molar-refractivity contribution in [3.05, 3.63) is 0 Å². The molecule has 1 aliphatic carbocycles. The minimum Gasteiger partial charge on any atom is -0.372 e. The molecule has 0 heterocycles. The Bertz CT molecular complexity index is 213. The molecule has 1 saturated carbocycles. The van der Waals surface area contributed by atoms with Gasteiger partial charge in [-0.25, -0.2) is 8.78 Å². The van der Waals surface area contributed by atoms with E-state index in [9.17, 15) is 8.78 Å². The van der Waals surface area contributed by atoms with Gasteiger partial charge in [-0.05, 0) is 25.8 Å². The molecule has 0 radical (unpaired) electrons. The second-order valence-corrected chi connectivity index (χ2v) is 4.81. The Kier molecular flexibility index (Phi) is 5.12. The molecule has 0 aromatic carbocycles. The third-order valence-electron chi connectivity index (χ3n) is 3.81. The van der Waals surface area contributed by atoms with Crippen LogP contribution in [0.4, 0.5) is 8.78 Å². The van der Waals surface area contributed by atoms with Gasteiger partial charge in [0.15, 0.2) is 0 Å². The molecule has 96 valence electrons. The number of alkyl halides is 2. The molecular weight excluding hydrogens is 212 g/mol. The van der Waals surface area contributed by atoms with Gasteiger partial charge < -0.3 is 10.1 Å². The highest BCUT2D eigenvalue weighted by Crippen LogP contribution is 2.45. The van der Waals surface area contributed by atoms with Gasteiger partial charge in [-0.1, -0.05) is 20.8 Å². The largest absolute Gasteiger partial charge is 0.372 e. The summed E-state index contributed by atoms with van der Waals surface area (Å²) in [5.41, 5.74) is 0.0179. The third kappa shape index (κ3) is 2.92. The summed E-state index contributed by atoms with van der Waals surface area (Å²) in [6.45, 7) is 6.90.